The van der Waals surface area contributed by atoms with Crippen molar-refractivity contribution in [1.82, 2.24) is 29.4 Å². The van der Waals surface area contributed by atoms with Crippen molar-refractivity contribution >= 4 is 16.7 Å². The highest BCUT2D eigenvalue weighted by molar-refractivity contribution is 5.90. The van der Waals surface area contributed by atoms with E-state index in [-0.39, 0.29) is 0 Å². The first-order chi connectivity index (χ1) is 14.2. The highest BCUT2D eigenvalue weighted by Crippen LogP contribution is 2.32. The minimum atomic E-state index is 0.628. The van der Waals surface area contributed by atoms with Crippen molar-refractivity contribution in [2.75, 3.05) is 14.2 Å². The fourth-order valence-corrected chi connectivity index (χ4v) is 3.47. The van der Waals surface area contributed by atoms with E-state index < -0.39 is 0 Å². The number of ether oxygens (including phenoxy) is 2. The molecule has 3 aromatic heterocycles. The highest BCUT2D eigenvalue weighted by Gasteiger charge is 2.17. The maximum atomic E-state index is 5.41. The molecule has 144 valence electrons. The summed E-state index contributed by atoms with van der Waals surface area (Å²) in [6, 6.07) is 13.7. The lowest BCUT2D eigenvalue weighted by Crippen LogP contribution is -2.01. The van der Waals surface area contributed by atoms with Crippen LogP contribution in [-0.2, 0) is 0 Å². The average molecular weight is 386 g/mol. The van der Waals surface area contributed by atoms with Gasteiger partial charge >= 0.3 is 0 Å². The normalized spacial score (nSPS) is 11.3. The van der Waals surface area contributed by atoms with Gasteiger partial charge in [0.2, 0.25) is 0 Å². The second-order valence-electron chi connectivity index (χ2n) is 6.61. The number of aryl methyl sites for hydroxylation is 1. The van der Waals surface area contributed by atoms with Gasteiger partial charge in [0, 0.05) is 5.56 Å². The number of aromatic nitrogens is 6. The zero-order valence-corrected chi connectivity index (χ0v) is 16.2. The van der Waals surface area contributed by atoms with Gasteiger partial charge in [-0.15, -0.1) is 10.2 Å². The highest BCUT2D eigenvalue weighted by atomic mass is 16.5. The van der Waals surface area contributed by atoms with Crippen LogP contribution in [0.2, 0.25) is 0 Å². The molecule has 0 saturated heterocycles. The van der Waals surface area contributed by atoms with Crippen LogP contribution in [0.3, 0.4) is 0 Å². The molecule has 5 rings (SSSR count). The van der Waals surface area contributed by atoms with Crippen LogP contribution in [0.4, 0.5) is 0 Å². The van der Waals surface area contributed by atoms with Crippen molar-refractivity contribution in [1.29, 1.82) is 0 Å². The summed E-state index contributed by atoms with van der Waals surface area (Å²) in [6.45, 7) is 2.05. The maximum absolute atomic E-state index is 5.41. The summed E-state index contributed by atoms with van der Waals surface area (Å²) in [6.07, 6.45) is 3.50. The van der Waals surface area contributed by atoms with E-state index >= 15 is 0 Å². The van der Waals surface area contributed by atoms with Gasteiger partial charge < -0.3 is 9.47 Å². The standard InChI is InChI=1S/C21H18N6O2/c1-13-6-4-5-7-16(13)27-20-15(11-23-27)21-25-24-19(26(21)12-22-20)14-8-9-17(28-2)18(10-14)29-3/h4-12H,1-3H3. The van der Waals surface area contributed by atoms with E-state index in [9.17, 15) is 0 Å². The Kier molecular flexibility index (Phi) is 3.90. The van der Waals surface area contributed by atoms with Gasteiger partial charge in [-0.1, -0.05) is 18.2 Å². The van der Waals surface area contributed by atoms with Gasteiger partial charge in [-0.05, 0) is 36.8 Å². The van der Waals surface area contributed by atoms with Gasteiger partial charge in [0.1, 0.15) is 6.33 Å². The fraction of sp³-hybridized carbons (Fsp3) is 0.143. The van der Waals surface area contributed by atoms with Crippen LogP contribution in [0.15, 0.2) is 55.0 Å². The van der Waals surface area contributed by atoms with Crippen LogP contribution in [0.1, 0.15) is 5.56 Å². The Morgan fingerprint density at radius 3 is 2.52 bits per heavy atom. The second-order valence-corrected chi connectivity index (χ2v) is 6.61. The molecule has 0 aliphatic carbocycles. The molecule has 0 saturated carbocycles. The van der Waals surface area contributed by atoms with E-state index in [1.807, 2.05) is 58.5 Å². The lowest BCUT2D eigenvalue weighted by Gasteiger charge is -2.09. The molecule has 0 aliphatic heterocycles. The topological polar surface area (TPSA) is 79.4 Å². The van der Waals surface area contributed by atoms with Crippen LogP contribution in [0.5, 0.6) is 11.5 Å². The summed E-state index contributed by atoms with van der Waals surface area (Å²) in [4.78, 5) is 4.65. The molecule has 0 fully saturated rings. The lowest BCUT2D eigenvalue weighted by atomic mass is 10.2. The molecule has 0 radical (unpaired) electrons. The van der Waals surface area contributed by atoms with E-state index in [4.69, 9.17) is 9.47 Å². The van der Waals surface area contributed by atoms with Gasteiger partial charge in [-0.2, -0.15) is 5.10 Å². The van der Waals surface area contributed by atoms with Crippen LogP contribution in [0.25, 0.3) is 33.8 Å². The van der Waals surface area contributed by atoms with E-state index in [1.165, 1.54) is 0 Å². The van der Waals surface area contributed by atoms with Crippen LogP contribution in [0, 0.1) is 6.92 Å². The number of fused-ring (bicyclic) bond motifs is 3. The molecule has 0 atom stereocenters. The molecule has 8 heteroatoms. The lowest BCUT2D eigenvalue weighted by molar-refractivity contribution is 0.355. The third-order valence-corrected chi connectivity index (χ3v) is 4.96. The third-order valence-electron chi connectivity index (χ3n) is 4.96. The minimum Gasteiger partial charge on any atom is -0.493 e. The molecule has 8 nitrogen and oxygen atoms in total. The van der Waals surface area contributed by atoms with E-state index in [0.29, 0.717) is 23.0 Å². The molecular formula is C21H18N6O2. The molecule has 0 unspecified atom stereocenters. The molecular weight excluding hydrogens is 368 g/mol. The first-order valence-electron chi connectivity index (χ1n) is 9.07. The SMILES string of the molecule is COc1ccc(-c2nnc3c4cnn(-c5ccccc5C)c4ncn23)cc1OC. The van der Waals surface area contributed by atoms with Crippen molar-refractivity contribution in [3.63, 3.8) is 0 Å². The molecule has 3 heterocycles. The second kappa shape index (κ2) is 6.59. The zero-order valence-electron chi connectivity index (χ0n) is 16.2. The average Bonchev–Trinajstić information content (AvgIpc) is 3.37. The number of hydrogen-bond donors (Lipinski definition) is 0. The van der Waals surface area contributed by atoms with E-state index in [1.54, 1.807) is 26.7 Å². The Hall–Kier alpha value is -3.94. The molecule has 5 aromatic rings. The van der Waals surface area contributed by atoms with Gasteiger partial charge in [0.25, 0.3) is 0 Å². The van der Waals surface area contributed by atoms with Crippen LogP contribution >= 0.6 is 0 Å². The molecule has 2 aromatic carbocycles. The summed E-state index contributed by atoms with van der Waals surface area (Å²) >= 11 is 0. The molecule has 0 N–H and O–H groups in total. The Balaban J connectivity index is 1.68. The molecule has 0 amide bonds. The van der Waals surface area contributed by atoms with Gasteiger partial charge in [0.15, 0.2) is 28.6 Å². The van der Waals surface area contributed by atoms with Crippen molar-refractivity contribution in [3.05, 3.63) is 60.6 Å². The summed E-state index contributed by atoms with van der Waals surface area (Å²) < 4.78 is 14.4. The molecule has 0 spiro atoms. The summed E-state index contributed by atoms with van der Waals surface area (Å²) in [5.74, 6) is 1.95. The number of hydrogen-bond acceptors (Lipinski definition) is 6. The van der Waals surface area contributed by atoms with Gasteiger partial charge in [0.05, 0.1) is 31.5 Å². The fourth-order valence-electron chi connectivity index (χ4n) is 3.47. The summed E-state index contributed by atoms with van der Waals surface area (Å²) in [5, 5.41) is 14.2. The Labute approximate surface area is 166 Å². The monoisotopic (exact) mass is 386 g/mol. The predicted octanol–water partition coefficient (Wildman–Crippen LogP) is 3.46. The predicted molar refractivity (Wildman–Crippen MR) is 109 cm³/mol. The van der Waals surface area contributed by atoms with Gasteiger partial charge in [-0.25, -0.2) is 9.67 Å². The third kappa shape index (κ3) is 2.60. The first kappa shape index (κ1) is 17.2. The van der Waals surface area contributed by atoms with E-state index in [0.717, 1.165) is 27.8 Å². The summed E-state index contributed by atoms with van der Waals surface area (Å²) in [5.41, 5.74) is 4.38. The van der Waals surface area contributed by atoms with Crippen LogP contribution < -0.4 is 9.47 Å². The number of rotatable bonds is 4. The van der Waals surface area contributed by atoms with E-state index in [2.05, 4.69) is 20.3 Å². The number of benzene rings is 2. The smallest absolute Gasteiger partial charge is 0.175 e. The van der Waals surface area contributed by atoms with Gasteiger partial charge in [-0.3, -0.25) is 4.40 Å². The number of methoxy groups -OCH3 is 2. The van der Waals surface area contributed by atoms with Crippen molar-refractivity contribution in [2.45, 2.75) is 6.92 Å². The Bertz CT molecular complexity index is 1350. The maximum Gasteiger partial charge on any atom is 0.175 e. The van der Waals surface area contributed by atoms with Crippen molar-refractivity contribution < 1.29 is 9.47 Å². The molecule has 0 bridgehead atoms. The Morgan fingerprint density at radius 1 is 0.897 bits per heavy atom. The first-order valence-corrected chi connectivity index (χ1v) is 9.07. The van der Waals surface area contributed by atoms with Crippen molar-refractivity contribution in [3.8, 4) is 28.6 Å². The van der Waals surface area contributed by atoms with Crippen molar-refractivity contribution in [2.24, 2.45) is 0 Å². The largest absolute Gasteiger partial charge is 0.493 e. The minimum absolute atomic E-state index is 0.628. The zero-order chi connectivity index (χ0) is 20.0. The van der Waals surface area contributed by atoms with Crippen LogP contribution in [-0.4, -0.2) is 43.6 Å². The molecule has 0 aliphatic rings. The molecule has 29 heavy (non-hydrogen) atoms. The number of nitrogens with zero attached hydrogens (tertiary/aromatic N) is 6. The Morgan fingerprint density at radius 2 is 1.72 bits per heavy atom. The summed E-state index contributed by atoms with van der Waals surface area (Å²) in [7, 11) is 3.21. The number of para-hydroxylation sites is 1. The quantitative estimate of drug-likeness (QED) is 0.471.